The molecule has 0 bridgehead atoms. The van der Waals surface area contributed by atoms with Gasteiger partial charge in [0, 0.05) is 9.13 Å². The first-order chi connectivity index (χ1) is 12.1. The molecule has 0 aromatic heterocycles. The van der Waals surface area contributed by atoms with Gasteiger partial charge in [0.1, 0.15) is 6.61 Å². The molecule has 0 atom stereocenters. The van der Waals surface area contributed by atoms with E-state index in [9.17, 15) is 4.79 Å². The van der Waals surface area contributed by atoms with Crippen LogP contribution in [0.4, 0.5) is 0 Å². The lowest BCUT2D eigenvalue weighted by molar-refractivity contribution is 0.0955. The van der Waals surface area contributed by atoms with Crippen LogP contribution in [0.25, 0.3) is 0 Å². The van der Waals surface area contributed by atoms with Crippen molar-refractivity contribution in [2.24, 2.45) is 5.10 Å². The smallest absolute Gasteiger partial charge is 0.271 e. The average molecular weight is 450 g/mol. The van der Waals surface area contributed by atoms with Gasteiger partial charge in [0.05, 0.1) is 12.8 Å². The molecule has 0 radical (unpaired) electrons. The first-order valence-electron chi connectivity index (χ1n) is 7.73. The standard InChI is InChI=1S/C19H19IN2O3/c1-3-11-25-17-10-5-14(12-18(17)24-4-2)13-21-22-19(23)15-6-8-16(20)9-7-15/h3,5-10,12-13H,1,4,11H2,2H3,(H,22,23)/b21-13-. The number of hydrazone groups is 1. The summed E-state index contributed by atoms with van der Waals surface area (Å²) in [5.41, 5.74) is 3.86. The zero-order valence-electron chi connectivity index (χ0n) is 13.9. The number of rotatable bonds is 8. The third-order valence-electron chi connectivity index (χ3n) is 3.11. The molecule has 1 amide bonds. The van der Waals surface area contributed by atoms with Crippen molar-refractivity contribution < 1.29 is 14.3 Å². The molecule has 6 heteroatoms. The number of hydrogen-bond acceptors (Lipinski definition) is 4. The molecule has 0 heterocycles. The second-order valence-corrected chi connectivity index (χ2v) is 6.19. The molecule has 0 aliphatic heterocycles. The lowest BCUT2D eigenvalue weighted by atomic mass is 10.2. The fourth-order valence-electron chi connectivity index (χ4n) is 1.97. The van der Waals surface area contributed by atoms with Crippen LogP contribution in [0.15, 0.2) is 60.2 Å². The Morgan fingerprint density at radius 1 is 1.20 bits per heavy atom. The number of halogens is 1. The van der Waals surface area contributed by atoms with Gasteiger partial charge < -0.3 is 9.47 Å². The van der Waals surface area contributed by atoms with Crippen molar-refractivity contribution in [3.8, 4) is 11.5 Å². The van der Waals surface area contributed by atoms with Crippen molar-refractivity contribution in [1.82, 2.24) is 5.43 Å². The lowest BCUT2D eigenvalue weighted by Crippen LogP contribution is -2.17. The minimum absolute atomic E-state index is 0.261. The molecule has 0 spiro atoms. The van der Waals surface area contributed by atoms with Crippen LogP contribution in [0.2, 0.25) is 0 Å². The van der Waals surface area contributed by atoms with Crippen molar-refractivity contribution in [1.29, 1.82) is 0 Å². The summed E-state index contributed by atoms with van der Waals surface area (Å²) in [5, 5.41) is 3.99. The van der Waals surface area contributed by atoms with E-state index in [1.807, 2.05) is 31.2 Å². The van der Waals surface area contributed by atoms with Crippen LogP contribution >= 0.6 is 22.6 Å². The van der Waals surface area contributed by atoms with Gasteiger partial charge in [0.2, 0.25) is 0 Å². The molecular formula is C19H19IN2O3. The average Bonchev–Trinajstić information content (AvgIpc) is 2.62. The summed E-state index contributed by atoms with van der Waals surface area (Å²) >= 11 is 2.19. The molecule has 0 aliphatic rings. The summed E-state index contributed by atoms with van der Waals surface area (Å²) < 4.78 is 12.2. The van der Waals surface area contributed by atoms with Gasteiger partial charge in [-0.05, 0) is 77.5 Å². The summed E-state index contributed by atoms with van der Waals surface area (Å²) in [5.74, 6) is 1.00. The lowest BCUT2D eigenvalue weighted by Gasteiger charge is -2.11. The number of hydrogen-bond donors (Lipinski definition) is 1. The van der Waals surface area contributed by atoms with E-state index in [0.29, 0.717) is 30.3 Å². The summed E-state index contributed by atoms with van der Waals surface area (Å²) in [7, 11) is 0. The van der Waals surface area contributed by atoms with Gasteiger partial charge in [-0.15, -0.1) is 0 Å². The molecule has 0 saturated heterocycles. The van der Waals surface area contributed by atoms with Crippen molar-refractivity contribution in [2.45, 2.75) is 6.92 Å². The van der Waals surface area contributed by atoms with Gasteiger partial charge in [-0.2, -0.15) is 5.10 Å². The van der Waals surface area contributed by atoms with Crippen molar-refractivity contribution in [3.63, 3.8) is 0 Å². The number of amides is 1. The van der Waals surface area contributed by atoms with Gasteiger partial charge in [0.25, 0.3) is 5.91 Å². The van der Waals surface area contributed by atoms with Crippen LogP contribution in [0.5, 0.6) is 11.5 Å². The molecule has 25 heavy (non-hydrogen) atoms. The summed E-state index contributed by atoms with van der Waals surface area (Å²) in [6, 6.07) is 12.7. The quantitative estimate of drug-likeness (QED) is 0.286. The Morgan fingerprint density at radius 2 is 1.96 bits per heavy atom. The fraction of sp³-hybridized carbons (Fsp3) is 0.158. The van der Waals surface area contributed by atoms with Gasteiger partial charge in [0.15, 0.2) is 11.5 Å². The maximum absolute atomic E-state index is 12.0. The Hall–Kier alpha value is -2.35. The number of carbonyl (C=O) groups is 1. The summed E-state index contributed by atoms with van der Waals surface area (Å²) in [4.78, 5) is 12.0. The molecule has 2 aromatic carbocycles. The molecule has 130 valence electrons. The number of nitrogens with one attached hydrogen (secondary N) is 1. The molecule has 5 nitrogen and oxygen atoms in total. The van der Waals surface area contributed by atoms with E-state index < -0.39 is 0 Å². The Kier molecular flexibility index (Phi) is 7.46. The molecule has 0 unspecified atom stereocenters. The van der Waals surface area contributed by atoms with Crippen molar-refractivity contribution >= 4 is 34.7 Å². The molecule has 0 aliphatic carbocycles. The van der Waals surface area contributed by atoms with Gasteiger partial charge in [-0.25, -0.2) is 5.43 Å². The van der Waals surface area contributed by atoms with E-state index in [-0.39, 0.29) is 5.91 Å². The molecule has 0 saturated carbocycles. The van der Waals surface area contributed by atoms with E-state index >= 15 is 0 Å². The van der Waals surface area contributed by atoms with Crippen LogP contribution in [0.1, 0.15) is 22.8 Å². The van der Waals surface area contributed by atoms with Crippen LogP contribution in [0, 0.1) is 3.57 Å². The highest BCUT2D eigenvalue weighted by atomic mass is 127. The zero-order valence-corrected chi connectivity index (χ0v) is 16.0. The molecule has 2 aromatic rings. The minimum Gasteiger partial charge on any atom is -0.490 e. The fourth-order valence-corrected chi connectivity index (χ4v) is 2.33. The maximum atomic E-state index is 12.0. The predicted molar refractivity (Wildman–Crippen MR) is 108 cm³/mol. The van der Waals surface area contributed by atoms with E-state index in [0.717, 1.165) is 9.13 Å². The van der Waals surface area contributed by atoms with Crippen LogP contribution in [0.3, 0.4) is 0 Å². The normalized spacial score (nSPS) is 10.5. The highest BCUT2D eigenvalue weighted by molar-refractivity contribution is 14.1. The van der Waals surface area contributed by atoms with E-state index in [2.05, 4.69) is 39.7 Å². The zero-order chi connectivity index (χ0) is 18.1. The first kappa shape index (κ1) is 19.0. The third kappa shape index (κ3) is 5.90. The van der Waals surface area contributed by atoms with E-state index in [1.54, 1.807) is 30.5 Å². The highest BCUT2D eigenvalue weighted by Gasteiger charge is 2.06. The van der Waals surface area contributed by atoms with Crippen molar-refractivity contribution in [3.05, 3.63) is 69.8 Å². The Balaban J connectivity index is 2.04. The van der Waals surface area contributed by atoms with E-state index in [1.165, 1.54) is 0 Å². The monoisotopic (exact) mass is 450 g/mol. The Bertz CT molecular complexity index is 758. The SMILES string of the molecule is C=CCOc1ccc(/C=N\NC(=O)c2ccc(I)cc2)cc1OCC. The van der Waals surface area contributed by atoms with Gasteiger partial charge in [-0.1, -0.05) is 12.7 Å². The Morgan fingerprint density at radius 3 is 2.64 bits per heavy atom. The maximum Gasteiger partial charge on any atom is 0.271 e. The molecule has 0 fully saturated rings. The van der Waals surface area contributed by atoms with Gasteiger partial charge in [-0.3, -0.25) is 4.79 Å². The number of carbonyl (C=O) groups excluding carboxylic acids is 1. The number of ether oxygens (including phenoxy) is 2. The van der Waals surface area contributed by atoms with Crippen LogP contribution < -0.4 is 14.9 Å². The van der Waals surface area contributed by atoms with Gasteiger partial charge >= 0.3 is 0 Å². The second-order valence-electron chi connectivity index (χ2n) is 4.94. The highest BCUT2D eigenvalue weighted by Crippen LogP contribution is 2.28. The molecule has 1 N–H and O–H groups in total. The number of benzene rings is 2. The minimum atomic E-state index is -0.261. The predicted octanol–water partition coefficient (Wildman–Crippen LogP) is 4.02. The van der Waals surface area contributed by atoms with E-state index in [4.69, 9.17) is 9.47 Å². The van der Waals surface area contributed by atoms with Crippen LogP contribution in [-0.2, 0) is 0 Å². The van der Waals surface area contributed by atoms with Crippen molar-refractivity contribution in [2.75, 3.05) is 13.2 Å². The third-order valence-corrected chi connectivity index (χ3v) is 3.83. The summed E-state index contributed by atoms with van der Waals surface area (Å²) in [6.45, 7) is 6.45. The topological polar surface area (TPSA) is 59.9 Å². The molecule has 2 rings (SSSR count). The summed E-state index contributed by atoms with van der Waals surface area (Å²) in [6.07, 6.45) is 3.23. The Labute approximate surface area is 160 Å². The first-order valence-corrected chi connectivity index (χ1v) is 8.81. The number of nitrogens with zero attached hydrogens (tertiary/aromatic N) is 1. The largest absolute Gasteiger partial charge is 0.490 e. The molecular weight excluding hydrogens is 431 g/mol. The van der Waals surface area contributed by atoms with Crippen LogP contribution in [-0.4, -0.2) is 25.3 Å². The second kappa shape index (κ2) is 9.83.